The molecule has 0 spiro atoms. The number of aliphatic carboxylic acids is 1. The molecular weight excluding hydrogens is 532 g/mol. The number of benzene rings is 3. The van der Waals surface area contributed by atoms with Crippen molar-refractivity contribution in [2.45, 2.75) is 69.1 Å². The molecule has 2 aliphatic heterocycles. The maximum atomic E-state index is 13.5. The third kappa shape index (κ3) is 7.33. The minimum absolute atomic E-state index is 0.0412. The summed E-state index contributed by atoms with van der Waals surface area (Å²) in [6.07, 6.45) is 3.46. The first-order chi connectivity index (χ1) is 20.4. The summed E-state index contributed by atoms with van der Waals surface area (Å²) in [6.45, 7) is 1.33. The molecule has 4 N–H and O–H groups in total. The van der Waals surface area contributed by atoms with Crippen molar-refractivity contribution in [1.82, 2.24) is 20.9 Å². The maximum Gasteiger partial charge on any atom is 0.326 e. The maximum absolute atomic E-state index is 13.5. The number of fused-ring (bicyclic) bond motifs is 1. The molecule has 3 aromatic rings. The Bertz CT molecular complexity index is 1420. The van der Waals surface area contributed by atoms with Crippen LogP contribution in [0.4, 0.5) is 0 Å². The summed E-state index contributed by atoms with van der Waals surface area (Å²) in [4.78, 5) is 53.6. The molecule has 3 amide bonds. The third-order valence-corrected chi connectivity index (χ3v) is 8.19. The lowest BCUT2D eigenvalue weighted by atomic mass is 10.00. The van der Waals surface area contributed by atoms with Gasteiger partial charge in [-0.05, 0) is 60.5 Å². The van der Waals surface area contributed by atoms with Gasteiger partial charge in [-0.3, -0.25) is 14.4 Å². The van der Waals surface area contributed by atoms with E-state index < -0.39 is 30.0 Å². The number of carbonyl (C=O) groups is 4. The fraction of sp³-hybridized carbons (Fsp3) is 0.394. The number of hydrogen-bond donors (Lipinski definition) is 4. The zero-order valence-electron chi connectivity index (χ0n) is 23.6. The van der Waals surface area contributed by atoms with Crippen LogP contribution < -0.4 is 16.0 Å². The first-order valence-corrected chi connectivity index (χ1v) is 14.8. The summed E-state index contributed by atoms with van der Waals surface area (Å²) in [5.74, 6) is -1.90. The SMILES string of the molecule is O=C(CC(Cc1ccccc1)NC(=O)C1CCCN1C(=O)C1CCCN1)NC(Cc1ccc2ccccc2c1)C(=O)O. The Labute approximate surface area is 245 Å². The van der Waals surface area contributed by atoms with Crippen LogP contribution in [0, 0.1) is 0 Å². The van der Waals surface area contributed by atoms with E-state index in [0.717, 1.165) is 47.7 Å². The summed E-state index contributed by atoms with van der Waals surface area (Å²) in [7, 11) is 0. The van der Waals surface area contributed by atoms with Crippen molar-refractivity contribution < 1.29 is 24.3 Å². The normalized spacial score (nSPS) is 19.8. The first-order valence-electron chi connectivity index (χ1n) is 14.8. The Morgan fingerprint density at radius 1 is 0.857 bits per heavy atom. The van der Waals surface area contributed by atoms with Crippen molar-refractivity contribution in [3.05, 3.63) is 83.9 Å². The first kappa shape index (κ1) is 29.3. The van der Waals surface area contributed by atoms with Crippen molar-refractivity contribution in [3.63, 3.8) is 0 Å². The van der Waals surface area contributed by atoms with E-state index in [1.807, 2.05) is 72.8 Å². The number of hydrogen-bond acceptors (Lipinski definition) is 5. The topological polar surface area (TPSA) is 128 Å². The van der Waals surface area contributed by atoms with Crippen LogP contribution in [0.5, 0.6) is 0 Å². The van der Waals surface area contributed by atoms with Crippen LogP contribution in [-0.2, 0) is 32.0 Å². The Hall–Kier alpha value is -4.24. The lowest BCUT2D eigenvalue weighted by molar-refractivity contribution is -0.142. The van der Waals surface area contributed by atoms with Crippen LogP contribution in [0.2, 0.25) is 0 Å². The molecule has 0 bridgehead atoms. The zero-order valence-corrected chi connectivity index (χ0v) is 23.6. The Kier molecular flexibility index (Phi) is 9.48. The summed E-state index contributed by atoms with van der Waals surface area (Å²) in [5.41, 5.74) is 1.74. The van der Waals surface area contributed by atoms with Crippen LogP contribution in [0.15, 0.2) is 72.8 Å². The van der Waals surface area contributed by atoms with E-state index in [2.05, 4.69) is 16.0 Å². The average molecular weight is 571 g/mol. The summed E-state index contributed by atoms with van der Waals surface area (Å²) in [6, 6.07) is 20.6. The summed E-state index contributed by atoms with van der Waals surface area (Å²) < 4.78 is 0. The zero-order chi connectivity index (χ0) is 29.5. The molecule has 2 fully saturated rings. The molecule has 5 rings (SSSR count). The fourth-order valence-corrected chi connectivity index (χ4v) is 6.05. The highest BCUT2D eigenvalue weighted by Gasteiger charge is 2.38. The van der Waals surface area contributed by atoms with Crippen LogP contribution in [0.1, 0.15) is 43.2 Å². The Morgan fingerprint density at radius 2 is 1.62 bits per heavy atom. The molecule has 42 heavy (non-hydrogen) atoms. The molecule has 2 saturated heterocycles. The van der Waals surface area contributed by atoms with Crippen molar-refractivity contribution in [1.29, 1.82) is 0 Å². The molecule has 2 aliphatic rings. The third-order valence-electron chi connectivity index (χ3n) is 8.19. The van der Waals surface area contributed by atoms with Gasteiger partial charge in [-0.15, -0.1) is 0 Å². The van der Waals surface area contributed by atoms with Crippen LogP contribution in [0.3, 0.4) is 0 Å². The van der Waals surface area contributed by atoms with E-state index in [1.165, 1.54) is 0 Å². The molecule has 0 saturated carbocycles. The van der Waals surface area contributed by atoms with Gasteiger partial charge in [0.2, 0.25) is 17.7 Å². The number of carboxylic acids is 1. The van der Waals surface area contributed by atoms with Crippen molar-refractivity contribution >= 4 is 34.5 Å². The molecule has 0 radical (unpaired) electrons. The van der Waals surface area contributed by atoms with Gasteiger partial charge in [0.05, 0.1) is 6.04 Å². The Balaban J connectivity index is 1.25. The van der Waals surface area contributed by atoms with Crippen LogP contribution >= 0.6 is 0 Å². The highest BCUT2D eigenvalue weighted by Crippen LogP contribution is 2.22. The summed E-state index contributed by atoms with van der Waals surface area (Å²) >= 11 is 0. The van der Waals surface area contributed by atoms with E-state index in [0.29, 0.717) is 19.4 Å². The van der Waals surface area contributed by atoms with Crippen molar-refractivity contribution in [3.8, 4) is 0 Å². The van der Waals surface area contributed by atoms with Crippen molar-refractivity contribution in [2.75, 3.05) is 13.1 Å². The van der Waals surface area contributed by atoms with Crippen LogP contribution in [-0.4, -0.2) is 71.0 Å². The lowest BCUT2D eigenvalue weighted by Gasteiger charge is -2.28. The minimum Gasteiger partial charge on any atom is -0.480 e. The predicted octanol–water partition coefficient (Wildman–Crippen LogP) is 2.81. The number of nitrogens with zero attached hydrogens (tertiary/aromatic N) is 1. The largest absolute Gasteiger partial charge is 0.480 e. The molecule has 4 atom stereocenters. The smallest absolute Gasteiger partial charge is 0.326 e. The number of likely N-dealkylation sites (tertiary alicyclic amines) is 1. The fourth-order valence-electron chi connectivity index (χ4n) is 6.05. The van der Waals surface area contributed by atoms with Gasteiger partial charge in [-0.1, -0.05) is 72.8 Å². The lowest BCUT2D eigenvalue weighted by Crippen LogP contribution is -2.53. The highest BCUT2D eigenvalue weighted by atomic mass is 16.4. The molecule has 220 valence electrons. The molecule has 3 aromatic carbocycles. The molecule has 2 heterocycles. The number of carbonyl (C=O) groups excluding carboxylic acids is 3. The summed E-state index contributed by atoms with van der Waals surface area (Å²) in [5, 5.41) is 20.9. The van der Waals surface area contributed by atoms with E-state index >= 15 is 0 Å². The van der Waals surface area contributed by atoms with E-state index in [4.69, 9.17) is 0 Å². The van der Waals surface area contributed by atoms with Gasteiger partial charge in [-0.2, -0.15) is 0 Å². The van der Waals surface area contributed by atoms with E-state index in [1.54, 1.807) is 4.90 Å². The molecule has 0 aliphatic carbocycles. The average Bonchev–Trinajstić information content (AvgIpc) is 3.70. The standard InChI is InChI=1S/C33H38N4O5/c38-30(36-28(33(41)42)20-23-14-15-24-10-4-5-11-25(24)18-23)21-26(19-22-8-2-1-3-9-22)35-31(39)29-13-7-17-37(29)32(40)27-12-6-16-34-27/h1-5,8-11,14-15,18,26-29,34H,6-7,12-13,16-17,19-21H2,(H,35,39)(H,36,38)(H,41,42). The Morgan fingerprint density at radius 3 is 2.36 bits per heavy atom. The van der Waals surface area contributed by atoms with Gasteiger partial charge in [-0.25, -0.2) is 4.79 Å². The second kappa shape index (κ2) is 13.6. The minimum atomic E-state index is -1.12. The van der Waals surface area contributed by atoms with Gasteiger partial charge < -0.3 is 26.0 Å². The van der Waals surface area contributed by atoms with E-state index in [-0.39, 0.29) is 30.7 Å². The quantitative estimate of drug-likeness (QED) is 0.281. The molecule has 9 nitrogen and oxygen atoms in total. The molecular formula is C33H38N4O5. The number of nitrogens with one attached hydrogen (secondary N) is 3. The highest BCUT2D eigenvalue weighted by molar-refractivity contribution is 5.91. The van der Waals surface area contributed by atoms with Gasteiger partial charge in [0.25, 0.3) is 0 Å². The van der Waals surface area contributed by atoms with Crippen molar-refractivity contribution in [2.24, 2.45) is 0 Å². The second-order valence-corrected chi connectivity index (χ2v) is 11.3. The van der Waals surface area contributed by atoms with Gasteiger partial charge in [0.1, 0.15) is 12.1 Å². The van der Waals surface area contributed by atoms with Gasteiger partial charge in [0, 0.05) is 25.4 Å². The number of rotatable bonds is 11. The monoisotopic (exact) mass is 570 g/mol. The molecule has 4 unspecified atom stereocenters. The van der Waals surface area contributed by atoms with Crippen LogP contribution in [0.25, 0.3) is 10.8 Å². The van der Waals surface area contributed by atoms with E-state index in [9.17, 15) is 24.3 Å². The predicted molar refractivity (Wildman–Crippen MR) is 160 cm³/mol. The van der Waals surface area contributed by atoms with Gasteiger partial charge in [0.15, 0.2) is 0 Å². The second-order valence-electron chi connectivity index (χ2n) is 11.3. The number of amides is 3. The number of carboxylic acid groups (broad SMARTS) is 1. The van der Waals surface area contributed by atoms with Gasteiger partial charge >= 0.3 is 5.97 Å². The molecule has 9 heteroatoms. The molecule has 0 aromatic heterocycles.